The summed E-state index contributed by atoms with van der Waals surface area (Å²) in [6.07, 6.45) is 2.52. The molecule has 0 saturated carbocycles. The lowest BCUT2D eigenvalue weighted by Crippen LogP contribution is -2.03. The molecule has 0 fully saturated rings. The van der Waals surface area contributed by atoms with Gasteiger partial charge in [-0.05, 0) is 18.1 Å². The molecule has 0 heterocycles. The van der Waals surface area contributed by atoms with Gasteiger partial charge < -0.3 is 14.6 Å². The van der Waals surface area contributed by atoms with Gasteiger partial charge in [-0.1, -0.05) is 18.2 Å². The molecule has 0 aliphatic carbocycles. The van der Waals surface area contributed by atoms with Crippen LogP contribution in [0.3, 0.4) is 0 Å². The van der Waals surface area contributed by atoms with Crippen molar-refractivity contribution in [3.8, 4) is 5.75 Å². The molecule has 0 aromatic heterocycles. The molecule has 0 aliphatic heterocycles. The first kappa shape index (κ1) is 11.8. The summed E-state index contributed by atoms with van der Waals surface area (Å²) in [5, 5.41) is 9.27. The summed E-state index contributed by atoms with van der Waals surface area (Å²) in [5.41, 5.74) is 1.83. The Morgan fingerprint density at radius 1 is 1.47 bits per heavy atom. The third kappa shape index (κ3) is 3.08. The fourth-order valence-corrected chi connectivity index (χ4v) is 1.39. The Kier molecular flexibility index (Phi) is 4.87. The Morgan fingerprint density at radius 2 is 2.27 bits per heavy atom. The molecule has 15 heavy (non-hydrogen) atoms. The maximum Gasteiger partial charge on any atom is 0.188 e. The van der Waals surface area contributed by atoms with E-state index in [0.29, 0.717) is 5.75 Å². The average molecular weight is 208 g/mol. The predicted octanol–water partition coefficient (Wildman–Crippen LogP) is 1.89. The molecule has 3 heteroatoms. The van der Waals surface area contributed by atoms with Crippen molar-refractivity contribution < 1.29 is 14.6 Å². The number of aliphatic hydroxyl groups is 1. The monoisotopic (exact) mass is 208 g/mol. The molecule has 3 nitrogen and oxygen atoms in total. The first-order valence-corrected chi connectivity index (χ1v) is 4.77. The van der Waals surface area contributed by atoms with Gasteiger partial charge in [-0.25, -0.2) is 0 Å². The lowest BCUT2D eigenvalue weighted by atomic mass is 10.0. The van der Waals surface area contributed by atoms with Crippen molar-refractivity contribution in [2.24, 2.45) is 0 Å². The smallest absolute Gasteiger partial charge is 0.188 e. The van der Waals surface area contributed by atoms with Crippen molar-refractivity contribution >= 4 is 0 Å². The highest BCUT2D eigenvalue weighted by Crippen LogP contribution is 2.23. The van der Waals surface area contributed by atoms with Crippen LogP contribution in [0.25, 0.3) is 0 Å². The van der Waals surface area contributed by atoms with Crippen LogP contribution in [0, 0.1) is 0 Å². The van der Waals surface area contributed by atoms with E-state index in [1.165, 1.54) is 0 Å². The van der Waals surface area contributed by atoms with Crippen LogP contribution in [-0.2, 0) is 17.8 Å². The van der Waals surface area contributed by atoms with E-state index < -0.39 is 0 Å². The summed E-state index contributed by atoms with van der Waals surface area (Å²) in [6.45, 7) is 3.82. The van der Waals surface area contributed by atoms with E-state index in [1.54, 1.807) is 13.2 Å². The Hall–Kier alpha value is -1.32. The summed E-state index contributed by atoms with van der Waals surface area (Å²) >= 11 is 0. The summed E-state index contributed by atoms with van der Waals surface area (Å²) in [6, 6.07) is 5.66. The van der Waals surface area contributed by atoms with Gasteiger partial charge in [-0.3, -0.25) is 0 Å². The SMILES string of the molecule is C=CCc1cccc(OCOC)c1CO. The maximum atomic E-state index is 9.27. The molecule has 82 valence electrons. The standard InChI is InChI=1S/C12H16O3/c1-3-5-10-6-4-7-12(11(10)8-13)15-9-14-2/h3-4,6-7,13H,1,5,8-9H2,2H3. The predicted molar refractivity (Wildman–Crippen MR) is 58.8 cm³/mol. The van der Waals surface area contributed by atoms with Crippen LogP contribution in [0.2, 0.25) is 0 Å². The van der Waals surface area contributed by atoms with E-state index in [-0.39, 0.29) is 13.4 Å². The molecule has 0 bridgehead atoms. The van der Waals surface area contributed by atoms with Gasteiger partial charge in [-0.15, -0.1) is 6.58 Å². The zero-order valence-corrected chi connectivity index (χ0v) is 8.90. The number of allylic oxidation sites excluding steroid dienone is 1. The number of ether oxygens (including phenoxy) is 2. The lowest BCUT2D eigenvalue weighted by Gasteiger charge is -2.12. The van der Waals surface area contributed by atoms with E-state index in [4.69, 9.17) is 9.47 Å². The Bertz CT molecular complexity index is 321. The van der Waals surface area contributed by atoms with Crippen LogP contribution in [0.15, 0.2) is 30.9 Å². The van der Waals surface area contributed by atoms with E-state index in [1.807, 2.05) is 18.2 Å². The van der Waals surface area contributed by atoms with Crippen molar-refractivity contribution in [2.75, 3.05) is 13.9 Å². The molecule has 0 unspecified atom stereocenters. The minimum Gasteiger partial charge on any atom is -0.467 e. The average Bonchev–Trinajstić information content (AvgIpc) is 2.27. The third-order valence-corrected chi connectivity index (χ3v) is 2.08. The van der Waals surface area contributed by atoms with E-state index >= 15 is 0 Å². The van der Waals surface area contributed by atoms with Crippen molar-refractivity contribution in [3.63, 3.8) is 0 Å². The van der Waals surface area contributed by atoms with E-state index in [9.17, 15) is 5.11 Å². The fraction of sp³-hybridized carbons (Fsp3) is 0.333. The minimum atomic E-state index is -0.0386. The van der Waals surface area contributed by atoms with Crippen molar-refractivity contribution in [1.29, 1.82) is 0 Å². The van der Waals surface area contributed by atoms with Crippen molar-refractivity contribution in [1.82, 2.24) is 0 Å². The zero-order chi connectivity index (χ0) is 11.1. The molecule has 0 spiro atoms. The van der Waals surface area contributed by atoms with Gasteiger partial charge in [0.2, 0.25) is 0 Å². The molecule has 1 N–H and O–H groups in total. The molecule has 0 amide bonds. The fourth-order valence-electron chi connectivity index (χ4n) is 1.39. The third-order valence-electron chi connectivity index (χ3n) is 2.08. The highest BCUT2D eigenvalue weighted by molar-refractivity contribution is 5.40. The number of methoxy groups -OCH3 is 1. The number of hydrogen-bond acceptors (Lipinski definition) is 3. The maximum absolute atomic E-state index is 9.27. The lowest BCUT2D eigenvalue weighted by molar-refractivity contribution is 0.0494. The number of aliphatic hydroxyl groups excluding tert-OH is 1. The van der Waals surface area contributed by atoms with Gasteiger partial charge in [0.25, 0.3) is 0 Å². The van der Waals surface area contributed by atoms with E-state index in [0.717, 1.165) is 17.5 Å². The second-order valence-electron chi connectivity index (χ2n) is 3.10. The Morgan fingerprint density at radius 3 is 2.87 bits per heavy atom. The largest absolute Gasteiger partial charge is 0.467 e. The van der Waals surface area contributed by atoms with Crippen LogP contribution in [0.5, 0.6) is 5.75 Å². The number of hydrogen-bond donors (Lipinski definition) is 1. The van der Waals surface area contributed by atoms with Gasteiger partial charge in [0, 0.05) is 12.7 Å². The first-order chi connectivity index (χ1) is 7.33. The molecular weight excluding hydrogens is 192 g/mol. The van der Waals surface area contributed by atoms with Gasteiger partial charge >= 0.3 is 0 Å². The highest BCUT2D eigenvalue weighted by Gasteiger charge is 2.07. The summed E-state index contributed by atoms with van der Waals surface area (Å²) in [7, 11) is 1.56. The first-order valence-electron chi connectivity index (χ1n) is 4.77. The topological polar surface area (TPSA) is 38.7 Å². The number of rotatable bonds is 6. The van der Waals surface area contributed by atoms with Gasteiger partial charge in [0.15, 0.2) is 6.79 Å². The Labute approximate surface area is 90.0 Å². The zero-order valence-electron chi connectivity index (χ0n) is 8.90. The molecule has 0 aliphatic rings. The van der Waals surface area contributed by atoms with Crippen LogP contribution in [0.1, 0.15) is 11.1 Å². The van der Waals surface area contributed by atoms with Crippen LogP contribution >= 0.6 is 0 Å². The van der Waals surface area contributed by atoms with Gasteiger partial charge in [-0.2, -0.15) is 0 Å². The molecule has 1 rings (SSSR count). The van der Waals surface area contributed by atoms with Crippen molar-refractivity contribution in [2.45, 2.75) is 13.0 Å². The summed E-state index contributed by atoms with van der Waals surface area (Å²) in [4.78, 5) is 0. The van der Waals surface area contributed by atoms with Crippen LogP contribution in [-0.4, -0.2) is 19.0 Å². The second-order valence-corrected chi connectivity index (χ2v) is 3.10. The summed E-state index contributed by atoms with van der Waals surface area (Å²) < 4.78 is 10.2. The molecule has 1 aromatic carbocycles. The molecule has 1 aromatic rings. The molecule has 0 atom stereocenters. The summed E-state index contributed by atoms with van der Waals surface area (Å²) in [5.74, 6) is 0.665. The van der Waals surface area contributed by atoms with Gasteiger partial charge in [0.05, 0.1) is 6.61 Å². The quantitative estimate of drug-likeness (QED) is 0.573. The van der Waals surface area contributed by atoms with Crippen molar-refractivity contribution in [3.05, 3.63) is 42.0 Å². The molecule has 0 saturated heterocycles. The van der Waals surface area contributed by atoms with Gasteiger partial charge in [0.1, 0.15) is 5.75 Å². The second kappa shape index (κ2) is 6.22. The molecule has 0 radical (unpaired) electrons. The number of benzene rings is 1. The van der Waals surface area contributed by atoms with E-state index in [2.05, 4.69) is 6.58 Å². The van der Waals surface area contributed by atoms with Crippen LogP contribution < -0.4 is 4.74 Å². The highest BCUT2D eigenvalue weighted by atomic mass is 16.7. The normalized spacial score (nSPS) is 10.0. The van der Waals surface area contributed by atoms with Crippen LogP contribution in [0.4, 0.5) is 0 Å². The minimum absolute atomic E-state index is 0.0386. The molecular formula is C12H16O3. The Balaban J connectivity index is 2.93.